The van der Waals surface area contributed by atoms with E-state index in [9.17, 15) is 0 Å². The lowest BCUT2D eigenvalue weighted by atomic mass is 10.2. The Morgan fingerprint density at radius 1 is 0.964 bits per heavy atom. The van der Waals surface area contributed by atoms with Gasteiger partial charge in [-0.25, -0.2) is 0 Å². The lowest BCUT2D eigenvalue weighted by Crippen LogP contribution is -2.45. The van der Waals surface area contributed by atoms with Gasteiger partial charge in [0, 0.05) is 42.8 Å². The third-order valence-electron chi connectivity index (χ3n) is 4.93. The summed E-state index contributed by atoms with van der Waals surface area (Å²) in [6.07, 6.45) is 0. The van der Waals surface area contributed by atoms with Gasteiger partial charge in [-0.2, -0.15) is 0 Å². The lowest BCUT2D eigenvalue weighted by molar-refractivity contribution is 0.114. The van der Waals surface area contributed by atoms with E-state index in [4.69, 9.17) is 9.15 Å². The van der Waals surface area contributed by atoms with Crippen LogP contribution in [-0.2, 0) is 13.1 Å². The van der Waals surface area contributed by atoms with Crippen molar-refractivity contribution in [3.05, 3.63) is 64.5 Å². The first kappa shape index (κ1) is 19.1. The van der Waals surface area contributed by atoms with Gasteiger partial charge >= 0.3 is 0 Å². The Labute approximate surface area is 173 Å². The molecule has 3 aromatic rings. The van der Waals surface area contributed by atoms with Crippen LogP contribution in [0.15, 0.2) is 57.4 Å². The van der Waals surface area contributed by atoms with Crippen molar-refractivity contribution in [1.82, 2.24) is 20.0 Å². The molecule has 0 radical (unpaired) electrons. The van der Waals surface area contributed by atoms with Crippen molar-refractivity contribution in [2.75, 3.05) is 33.3 Å². The minimum atomic E-state index is 0.564. The topological polar surface area (TPSA) is 54.6 Å². The van der Waals surface area contributed by atoms with E-state index >= 15 is 0 Å². The highest BCUT2D eigenvalue weighted by Gasteiger charge is 2.19. The molecule has 1 aliphatic heterocycles. The van der Waals surface area contributed by atoms with Gasteiger partial charge < -0.3 is 9.15 Å². The molecule has 7 heteroatoms. The van der Waals surface area contributed by atoms with E-state index in [2.05, 4.69) is 48.1 Å². The molecule has 1 fully saturated rings. The molecule has 2 heterocycles. The second-order valence-electron chi connectivity index (χ2n) is 6.91. The number of hydrogen-bond donors (Lipinski definition) is 0. The Morgan fingerprint density at radius 2 is 1.68 bits per heavy atom. The standard InChI is InChI=1S/C21H23BrN4O2/c1-27-19-7-5-16(6-8-19)14-25-9-11-26(12-10-25)15-20-23-24-21(28-20)17-3-2-4-18(22)13-17/h2-8,13H,9-12,14-15H2,1H3. The normalized spacial score (nSPS) is 15.6. The van der Waals surface area contributed by atoms with Gasteiger partial charge in [-0.3, -0.25) is 9.80 Å². The summed E-state index contributed by atoms with van der Waals surface area (Å²) in [5.41, 5.74) is 2.24. The highest BCUT2D eigenvalue weighted by atomic mass is 79.9. The fourth-order valence-electron chi connectivity index (χ4n) is 3.34. The van der Waals surface area contributed by atoms with Gasteiger partial charge in [0.1, 0.15) is 5.75 Å². The van der Waals surface area contributed by atoms with Crippen LogP contribution in [0.5, 0.6) is 5.75 Å². The van der Waals surface area contributed by atoms with Gasteiger partial charge in [0.25, 0.3) is 0 Å². The van der Waals surface area contributed by atoms with Gasteiger partial charge in [0.05, 0.1) is 13.7 Å². The highest BCUT2D eigenvalue weighted by Crippen LogP contribution is 2.22. The summed E-state index contributed by atoms with van der Waals surface area (Å²) < 4.78 is 12.1. The number of methoxy groups -OCH3 is 1. The Kier molecular flexibility index (Phi) is 6.04. The van der Waals surface area contributed by atoms with Crippen molar-refractivity contribution in [1.29, 1.82) is 0 Å². The molecule has 0 amide bonds. The highest BCUT2D eigenvalue weighted by molar-refractivity contribution is 9.10. The molecule has 1 aliphatic rings. The summed E-state index contributed by atoms with van der Waals surface area (Å²) in [5.74, 6) is 2.13. The summed E-state index contributed by atoms with van der Waals surface area (Å²) in [6, 6.07) is 16.2. The zero-order valence-corrected chi connectivity index (χ0v) is 17.4. The zero-order chi connectivity index (χ0) is 19.3. The van der Waals surface area contributed by atoms with Gasteiger partial charge in [0.2, 0.25) is 11.8 Å². The molecule has 0 atom stereocenters. The molecule has 0 spiro atoms. The molecule has 0 unspecified atom stereocenters. The number of rotatable bonds is 6. The predicted molar refractivity (Wildman–Crippen MR) is 111 cm³/mol. The van der Waals surface area contributed by atoms with Crippen LogP contribution in [0.4, 0.5) is 0 Å². The zero-order valence-electron chi connectivity index (χ0n) is 15.8. The van der Waals surface area contributed by atoms with E-state index in [0.29, 0.717) is 18.3 Å². The van der Waals surface area contributed by atoms with E-state index in [0.717, 1.165) is 48.5 Å². The van der Waals surface area contributed by atoms with Crippen molar-refractivity contribution in [3.8, 4) is 17.2 Å². The molecule has 2 aromatic carbocycles. The maximum Gasteiger partial charge on any atom is 0.247 e. The Morgan fingerprint density at radius 3 is 2.36 bits per heavy atom. The first-order chi connectivity index (χ1) is 13.7. The first-order valence-electron chi connectivity index (χ1n) is 9.35. The van der Waals surface area contributed by atoms with Gasteiger partial charge in [-0.15, -0.1) is 10.2 Å². The molecular formula is C21H23BrN4O2. The molecule has 4 rings (SSSR count). The third-order valence-corrected chi connectivity index (χ3v) is 5.42. The van der Waals surface area contributed by atoms with Gasteiger partial charge in [0.15, 0.2) is 0 Å². The number of halogens is 1. The minimum absolute atomic E-state index is 0.564. The van der Waals surface area contributed by atoms with E-state index in [1.165, 1.54) is 5.56 Å². The Balaban J connectivity index is 1.28. The maximum atomic E-state index is 5.86. The van der Waals surface area contributed by atoms with Gasteiger partial charge in [-0.05, 0) is 35.9 Å². The molecule has 146 valence electrons. The molecule has 0 N–H and O–H groups in total. The number of benzene rings is 2. The SMILES string of the molecule is COc1ccc(CN2CCN(Cc3nnc(-c4cccc(Br)c4)o3)CC2)cc1. The quantitative estimate of drug-likeness (QED) is 0.578. The van der Waals surface area contributed by atoms with Crippen molar-refractivity contribution >= 4 is 15.9 Å². The molecule has 1 saturated heterocycles. The Hall–Kier alpha value is -2.22. The van der Waals surface area contributed by atoms with E-state index in [1.807, 2.05) is 36.4 Å². The second-order valence-corrected chi connectivity index (χ2v) is 7.83. The molecule has 0 aliphatic carbocycles. The van der Waals surface area contributed by atoms with Crippen LogP contribution < -0.4 is 4.74 Å². The summed E-state index contributed by atoms with van der Waals surface area (Å²) in [7, 11) is 1.69. The first-order valence-corrected chi connectivity index (χ1v) is 10.1. The monoisotopic (exact) mass is 442 g/mol. The van der Waals surface area contributed by atoms with Crippen LogP contribution in [0.2, 0.25) is 0 Å². The number of ether oxygens (including phenoxy) is 1. The Bertz CT molecular complexity index is 905. The summed E-state index contributed by atoms with van der Waals surface area (Å²) >= 11 is 3.47. The fraction of sp³-hybridized carbons (Fsp3) is 0.333. The summed E-state index contributed by atoms with van der Waals surface area (Å²) in [6.45, 7) is 5.69. The van der Waals surface area contributed by atoms with E-state index in [1.54, 1.807) is 7.11 Å². The molecule has 1 aromatic heterocycles. The molecule has 0 saturated carbocycles. The van der Waals surface area contributed by atoms with Crippen LogP contribution in [-0.4, -0.2) is 53.3 Å². The van der Waals surface area contributed by atoms with Crippen LogP contribution in [0, 0.1) is 0 Å². The number of piperazine rings is 1. The van der Waals surface area contributed by atoms with Crippen LogP contribution in [0.1, 0.15) is 11.5 Å². The number of nitrogens with zero attached hydrogens (tertiary/aromatic N) is 4. The number of hydrogen-bond acceptors (Lipinski definition) is 6. The average Bonchev–Trinajstić information content (AvgIpc) is 3.19. The lowest BCUT2D eigenvalue weighted by Gasteiger charge is -2.33. The van der Waals surface area contributed by atoms with Crippen molar-refractivity contribution in [3.63, 3.8) is 0 Å². The molecular weight excluding hydrogens is 420 g/mol. The average molecular weight is 443 g/mol. The third kappa shape index (κ3) is 4.79. The predicted octanol–water partition coefficient (Wildman–Crippen LogP) is 3.83. The van der Waals surface area contributed by atoms with Crippen molar-refractivity contribution < 1.29 is 9.15 Å². The van der Waals surface area contributed by atoms with Crippen molar-refractivity contribution in [2.24, 2.45) is 0 Å². The van der Waals surface area contributed by atoms with E-state index in [-0.39, 0.29) is 0 Å². The van der Waals surface area contributed by atoms with Crippen molar-refractivity contribution in [2.45, 2.75) is 13.1 Å². The van der Waals surface area contributed by atoms with Gasteiger partial charge in [-0.1, -0.05) is 34.1 Å². The fourth-order valence-corrected chi connectivity index (χ4v) is 3.74. The van der Waals surface area contributed by atoms with Crippen LogP contribution in [0.25, 0.3) is 11.5 Å². The van der Waals surface area contributed by atoms with Crippen LogP contribution in [0.3, 0.4) is 0 Å². The molecule has 28 heavy (non-hydrogen) atoms. The maximum absolute atomic E-state index is 5.86. The summed E-state index contributed by atoms with van der Waals surface area (Å²) in [4.78, 5) is 4.84. The second kappa shape index (κ2) is 8.86. The largest absolute Gasteiger partial charge is 0.497 e. The summed E-state index contributed by atoms with van der Waals surface area (Å²) in [5, 5.41) is 8.41. The van der Waals surface area contributed by atoms with Crippen LogP contribution >= 0.6 is 15.9 Å². The minimum Gasteiger partial charge on any atom is -0.497 e. The number of aromatic nitrogens is 2. The smallest absolute Gasteiger partial charge is 0.247 e. The molecule has 0 bridgehead atoms. The van der Waals surface area contributed by atoms with E-state index < -0.39 is 0 Å². The molecule has 6 nitrogen and oxygen atoms in total.